The van der Waals surface area contributed by atoms with E-state index in [9.17, 15) is 18.3 Å². The van der Waals surface area contributed by atoms with Crippen LogP contribution in [0.25, 0.3) is 0 Å². The lowest BCUT2D eigenvalue weighted by Crippen LogP contribution is -2.17. The van der Waals surface area contributed by atoms with Crippen molar-refractivity contribution in [2.45, 2.75) is 18.9 Å². The Balaban J connectivity index is 2.12. The largest absolute Gasteiger partial charge is 0.573 e. The van der Waals surface area contributed by atoms with Crippen molar-refractivity contribution >= 4 is 0 Å². The first-order valence-electron chi connectivity index (χ1n) is 5.85. The van der Waals surface area contributed by atoms with E-state index < -0.39 is 12.5 Å². The van der Waals surface area contributed by atoms with E-state index >= 15 is 0 Å². The molecule has 0 aliphatic rings. The van der Waals surface area contributed by atoms with E-state index in [0.29, 0.717) is 11.4 Å². The zero-order valence-electron chi connectivity index (χ0n) is 10.6. The summed E-state index contributed by atoms with van der Waals surface area (Å²) >= 11 is 0. The van der Waals surface area contributed by atoms with Crippen molar-refractivity contribution < 1.29 is 23.0 Å². The average molecular weight is 286 g/mol. The third-order valence-electron chi connectivity index (χ3n) is 2.77. The highest BCUT2D eigenvalue weighted by Gasteiger charge is 2.31. The van der Waals surface area contributed by atoms with Crippen molar-refractivity contribution in [1.82, 2.24) is 9.55 Å². The number of aliphatic hydroxyl groups excluding tert-OH is 1. The fourth-order valence-electron chi connectivity index (χ4n) is 1.80. The van der Waals surface area contributed by atoms with Crippen LogP contribution in [-0.4, -0.2) is 21.0 Å². The normalized spacial score (nSPS) is 13.2. The van der Waals surface area contributed by atoms with Crippen molar-refractivity contribution in [2.24, 2.45) is 7.05 Å². The molecule has 0 fully saturated rings. The molecule has 108 valence electrons. The molecule has 0 amide bonds. The van der Waals surface area contributed by atoms with Crippen LogP contribution < -0.4 is 4.74 Å². The molecule has 0 bridgehead atoms. The number of imidazole rings is 1. The Hall–Kier alpha value is -2.02. The highest BCUT2D eigenvalue weighted by molar-refractivity contribution is 5.30. The van der Waals surface area contributed by atoms with Gasteiger partial charge in [0.05, 0.1) is 6.10 Å². The maximum Gasteiger partial charge on any atom is 0.573 e. The molecule has 1 aromatic carbocycles. The number of hydrogen-bond donors (Lipinski definition) is 1. The number of halogens is 3. The Labute approximate surface area is 113 Å². The van der Waals surface area contributed by atoms with E-state index in [1.54, 1.807) is 24.0 Å². The van der Waals surface area contributed by atoms with Gasteiger partial charge in [0.15, 0.2) is 0 Å². The number of nitrogens with zero attached hydrogens (tertiary/aromatic N) is 2. The zero-order valence-corrected chi connectivity index (χ0v) is 10.6. The summed E-state index contributed by atoms with van der Waals surface area (Å²) in [5.41, 5.74) is 0.342. The molecule has 0 spiro atoms. The third-order valence-corrected chi connectivity index (χ3v) is 2.77. The van der Waals surface area contributed by atoms with Crippen LogP contribution in [0, 0.1) is 0 Å². The van der Waals surface area contributed by atoms with Crippen LogP contribution in [0.1, 0.15) is 17.5 Å². The minimum absolute atomic E-state index is 0.207. The summed E-state index contributed by atoms with van der Waals surface area (Å²) in [6.07, 6.45) is -2.17. The predicted molar refractivity (Wildman–Crippen MR) is 65.0 cm³/mol. The monoisotopic (exact) mass is 286 g/mol. The number of rotatable bonds is 4. The minimum atomic E-state index is -4.75. The van der Waals surface area contributed by atoms with Gasteiger partial charge in [-0.3, -0.25) is 0 Å². The van der Waals surface area contributed by atoms with Gasteiger partial charge in [0, 0.05) is 25.9 Å². The molecular formula is C13H13F3N2O2. The number of alkyl halides is 3. The lowest BCUT2D eigenvalue weighted by atomic mass is 10.1. The van der Waals surface area contributed by atoms with Crippen LogP contribution in [0.2, 0.25) is 0 Å². The first-order valence-corrected chi connectivity index (χ1v) is 5.85. The highest BCUT2D eigenvalue weighted by atomic mass is 19.4. The zero-order chi connectivity index (χ0) is 14.8. The van der Waals surface area contributed by atoms with Gasteiger partial charge in [-0.15, -0.1) is 13.2 Å². The summed E-state index contributed by atoms with van der Waals surface area (Å²) in [6.45, 7) is 0. The van der Waals surface area contributed by atoms with Crippen molar-refractivity contribution in [1.29, 1.82) is 0 Å². The summed E-state index contributed by atoms with van der Waals surface area (Å²) in [6, 6.07) is 5.29. The molecule has 2 aromatic rings. The first-order chi connectivity index (χ1) is 9.35. The molecule has 1 atom stereocenters. The lowest BCUT2D eigenvalue weighted by Gasteiger charge is -2.13. The van der Waals surface area contributed by atoms with Crippen molar-refractivity contribution in [3.63, 3.8) is 0 Å². The number of hydrogen-bond acceptors (Lipinski definition) is 3. The number of benzene rings is 1. The molecule has 0 radical (unpaired) electrons. The van der Waals surface area contributed by atoms with Crippen molar-refractivity contribution in [2.75, 3.05) is 0 Å². The lowest BCUT2D eigenvalue weighted by molar-refractivity contribution is -0.274. The van der Waals surface area contributed by atoms with Crippen LogP contribution in [-0.2, 0) is 13.5 Å². The summed E-state index contributed by atoms with van der Waals surface area (Å²) in [5.74, 6) is 0.286. The van der Waals surface area contributed by atoms with Crippen LogP contribution in [0.4, 0.5) is 13.2 Å². The maximum absolute atomic E-state index is 12.1. The second-order valence-corrected chi connectivity index (χ2v) is 4.29. The Kier molecular flexibility index (Phi) is 3.99. The minimum Gasteiger partial charge on any atom is -0.406 e. The van der Waals surface area contributed by atoms with E-state index in [0.717, 1.165) is 0 Å². The Bertz CT molecular complexity index is 581. The molecule has 1 N–H and O–H groups in total. The molecule has 1 heterocycles. The van der Waals surface area contributed by atoms with Gasteiger partial charge in [-0.25, -0.2) is 4.98 Å². The Morgan fingerprint density at radius 3 is 2.75 bits per heavy atom. The topological polar surface area (TPSA) is 47.3 Å². The molecule has 7 heteroatoms. The molecule has 4 nitrogen and oxygen atoms in total. The van der Waals surface area contributed by atoms with Crippen molar-refractivity contribution in [3.05, 3.63) is 48.0 Å². The first kappa shape index (κ1) is 14.4. The number of aromatic nitrogens is 2. The second-order valence-electron chi connectivity index (χ2n) is 4.29. The van der Waals surface area contributed by atoms with Gasteiger partial charge in [-0.2, -0.15) is 0 Å². The maximum atomic E-state index is 12.1. The summed E-state index contributed by atoms with van der Waals surface area (Å²) in [7, 11) is 1.78. The standard InChI is InChI=1S/C13H13F3N2O2/c1-18-6-5-17-12(18)8-11(19)9-3-2-4-10(7-9)20-13(14,15)16/h2-7,11,19H,8H2,1H3. The van der Waals surface area contributed by atoms with Crippen LogP contribution in [0.15, 0.2) is 36.7 Å². The van der Waals surface area contributed by atoms with Gasteiger partial charge in [0.1, 0.15) is 11.6 Å². The van der Waals surface area contributed by atoms with Gasteiger partial charge in [0.2, 0.25) is 0 Å². The van der Waals surface area contributed by atoms with E-state index in [1.165, 1.54) is 24.3 Å². The van der Waals surface area contributed by atoms with Crippen molar-refractivity contribution in [3.8, 4) is 5.75 Å². The van der Waals surface area contributed by atoms with Gasteiger partial charge in [-0.1, -0.05) is 12.1 Å². The Morgan fingerprint density at radius 2 is 2.15 bits per heavy atom. The van der Waals surface area contributed by atoms with Gasteiger partial charge in [0.25, 0.3) is 0 Å². The smallest absolute Gasteiger partial charge is 0.406 e. The molecule has 0 aliphatic heterocycles. The molecule has 0 saturated carbocycles. The van der Waals surface area contributed by atoms with E-state index in [4.69, 9.17) is 0 Å². The summed E-state index contributed by atoms with van der Waals surface area (Å²) in [4.78, 5) is 4.05. The van der Waals surface area contributed by atoms with E-state index in [1.807, 2.05) is 0 Å². The number of ether oxygens (including phenoxy) is 1. The molecule has 0 saturated heterocycles. The molecule has 20 heavy (non-hydrogen) atoms. The molecule has 1 unspecified atom stereocenters. The fourth-order valence-corrected chi connectivity index (χ4v) is 1.80. The number of aliphatic hydroxyl groups is 1. The number of aryl methyl sites for hydroxylation is 1. The summed E-state index contributed by atoms with van der Waals surface area (Å²) < 4.78 is 42.0. The Morgan fingerprint density at radius 1 is 1.40 bits per heavy atom. The predicted octanol–water partition coefficient (Wildman–Crippen LogP) is 2.59. The molecule has 2 rings (SSSR count). The van der Waals surface area contributed by atoms with Crippen LogP contribution in [0.5, 0.6) is 5.75 Å². The van der Waals surface area contributed by atoms with Gasteiger partial charge < -0.3 is 14.4 Å². The average Bonchev–Trinajstić information content (AvgIpc) is 2.73. The second kappa shape index (κ2) is 5.54. The van der Waals surface area contributed by atoms with Crippen LogP contribution >= 0.6 is 0 Å². The van der Waals surface area contributed by atoms with Gasteiger partial charge in [-0.05, 0) is 17.7 Å². The molecular weight excluding hydrogens is 273 g/mol. The van der Waals surface area contributed by atoms with E-state index in [-0.39, 0.29) is 12.2 Å². The van der Waals surface area contributed by atoms with Gasteiger partial charge >= 0.3 is 6.36 Å². The quantitative estimate of drug-likeness (QED) is 0.939. The van der Waals surface area contributed by atoms with Crippen LogP contribution in [0.3, 0.4) is 0 Å². The highest BCUT2D eigenvalue weighted by Crippen LogP contribution is 2.26. The summed E-state index contributed by atoms with van der Waals surface area (Å²) in [5, 5.41) is 10.0. The SMILES string of the molecule is Cn1ccnc1CC(O)c1cccc(OC(F)(F)F)c1. The van der Waals surface area contributed by atoms with E-state index in [2.05, 4.69) is 9.72 Å². The molecule has 1 aromatic heterocycles. The molecule has 0 aliphatic carbocycles. The fraction of sp³-hybridized carbons (Fsp3) is 0.308. The third kappa shape index (κ3) is 3.74.